The van der Waals surface area contributed by atoms with Crippen molar-refractivity contribution in [3.05, 3.63) is 42.1 Å². The maximum Gasteiger partial charge on any atom is 0.318 e. The molecule has 0 aromatic heterocycles. The normalized spacial score (nSPS) is 10.3. The molecule has 98 valence electrons. The predicted octanol–water partition coefficient (Wildman–Crippen LogP) is 2.46. The lowest BCUT2D eigenvalue weighted by Gasteiger charge is -2.08. The molecule has 0 atom stereocenters. The summed E-state index contributed by atoms with van der Waals surface area (Å²) < 4.78 is 5.24. The van der Waals surface area contributed by atoms with Crippen LogP contribution in [-0.4, -0.2) is 19.7 Å². The molecular weight excluding hydrogens is 228 g/mol. The van der Waals surface area contributed by atoms with Crippen molar-refractivity contribution >= 4 is 6.03 Å². The van der Waals surface area contributed by atoms with Crippen LogP contribution < -0.4 is 15.4 Å². The van der Waals surface area contributed by atoms with Crippen LogP contribution in [-0.2, 0) is 6.42 Å². The number of nitrogens with one attached hydrogen (secondary N) is 2. The Labute approximate surface area is 108 Å². The van der Waals surface area contributed by atoms with E-state index in [2.05, 4.69) is 10.6 Å². The minimum atomic E-state index is -0.186. The lowest BCUT2D eigenvalue weighted by atomic mass is 10.1. The van der Waals surface area contributed by atoms with Crippen LogP contribution in [0, 0.1) is 0 Å². The summed E-state index contributed by atoms with van der Waals surface area (Å²) in [4.78, 5) is 11.4. The molecule has 0 fully saturated rings. The zero-order valence-electron chi connectivity index (χ0n) is 10.9. The van der Waals surface area contributed by atoms with Crippen molar-refractivity contribution < 1.29 is 9.53 Å². The van der Waals surface area contributed by atoms with Gasteiger partial charge in [-0.2, -0.15) is 0 Å². The summed E-state index contributed by atoms with van der Waals surface area (Å²) in [5.74, 6) is 0.852. The number of methoxy groups -OCH3 is 1. The highest BCUT2D eigenvalue weighted by atomic mass is 16.5. The van der Waals surface area contributed by atoms with Crippen LogP contribution in [0.15, 0.2) is 36.5 Å². The number of urea groups is 1. The van der Waals surface area contributed by atoms with E-state index in [9.17, 15) is 4.79 Å². The molecule has 4 nitrogen and oxygen atoms in total. The van der Waals surface area contributed by atoms with Crippen LogP contribution in [0.4, 0.5) is 4.79 Å². The van der Waals surface area contributed by atoms with Crippen LogP contribution in [0.5, 0.6) is 5.75 Å². The van der Waals surface area contributed by atoms with Crippen molar-refractivity contribution in [2.24, 2.45) is 0 Å². The fraction of sp³-hybridized carbons (Fsp3) is 0.357. The number of hydrogen-bond donors (Lipinski definition) is 2. The summed E-state index contributed by atoms with van der Waals surface area (Å²) >= 11 is 0. The van der Waals surface area contributed by atoms with Gasteiger partial charge in [-0.3, -0.25) is 0 Å². The molecule has 0 bridgehead atoms. The smallest absolute Gasteiger partial charge is 0.318 e. The summed E-state index contributed by atoms with van der Waals surface area (Å²) in [6.07, 6.45) is 5.19. The van der Waals surface area contributed by atoms with Gasteiger partial charge in [0.1, 0.15) is 5.75 Å². The molecule has 0 saturated heterocycles. The number of ether oxygens (including phenoxy) is 1. The summed E-state index contributed by atoms with van der Waals surface area (Å²) in [5.41, 5.74) is 1.09. The van der Waals surface area contributed by atoms with Gasteiger partial charge in [0.15, 0.2) is 0 Å². The minimum absolute atomic E-state index is 0.186. The number of allylic oxidation sites excluding steroid dienone is 1. The Morgan fingerprint density at radius 2 is 2.17 bits per heavy atom. The Balaban J connectivity index is 2.33. The van der Waals surface area contributed by atoms with Crippen LogP contribution in [0.1, 0.15) is 18.9 Å². The van der Waals surface area contributed by atoms with Crippen molar-refractivity contribution in [3.63, 3.8) is 0 Å². The van der Waals surface area contributed by atoms with E-state index in [1.165, 1.54) is 0 Å². The van der Waals surface area contributed by atoms with E-state index < -0.39 is 0 Å². The molecule has 2 amide bonds. The van der Waals surface area contributed by atoms with Gasteiger partial charge in [-0.25, -0.2) is 4.79 Å². The first-order valence-electron chi connectivity index (χ1n) is 6.09. The van der Waals surface area contributed by atoms with Gasteiger partial charge in [0.05, 0.1) is 7.11 Å². The van der Waals surface area contributed by atoms with E-state index in [0.29, 0.717) is 6.54 Å². The van der Waals surface area contributed by atoms with Gasteiger partial charge in [0, 0.05) is 12.7 Å². The highest BCUT2D eigenvalue weighted by Gasteiger charge is 2.02. The molecule has 0 saturated carbocycles. The highest BCUT2D eigenvalue weighted by Crippen LogP contribution is 2.16. The maximum atomic E-state index is 11.4. The molecule has 1 aromatic carbocycles. The molecule has 4 heteroatoms. The number of rotatable bonds is 6. The van der Waals surface area contributed by atoms with Gasteiger partial charge >= 0.3 is 6.03 Å². The highest BCUT2D eigenvalue weighted by molar-refractivity contribution is 5.74. The number of benzene rings is 1. The standard InChI is InChI=1S/C14H20N2O2/c1-3-4-10-15-14(17)16-11-9-12-7-5-6-8-13(12)18-2/h4-8,10H,3,9,11H2,1-2H3,(H2,15,16,17)/b10-4+. The monoisotopic (exact) mass is 248 g/mol. The number of para-hydroxylation sites is 1. The number of hydrogen-bond acceptors (Lipinski definition) is 2. The SMILES string of the molecule is CC/C=C/NC(=O)NCCc1ccccc1OC. The zero-order chi connectivity index (χ0) is 13.2. The third kappa shape index (κ3) is 4.91. The molecule has 1 rings (SSSR count). The summed E-state index contributed by atoms with van der Waals surface area (Å²) in [5, 5.41) is 5.42. The van der Waals surface area contributed by atoms with Crippen molar-refractivity contribution in [2.45, 2.75) is 19.8 Å². The first-order chi connectivity index (χ1) is 8.77. The van der Waals surface area contributed by atoms with E-state index >= 15 is 0 Å². The molecule has 1 aromatic rings. The van der Waals surface area contributed by atoms with Gasteiger partial charge in [0.2, 0.25) is 0 Å². The number of amides is 2. The number of carbonyl (C=O) groups excluding carboxylic acids is 1. The van der Waals surface area contributed by atoms with Crippen LogP contribution in [0.25, 0.3) is 0 Å². The Morgan fingerprint density at radius 3 is 2.89 bits per heavy atom. The van der Waals surface area contributed by atoms with Gasteiger partial charge in [0.25, 0.3) is 0 Å². The Morgan fingerprint density at radius 1 is 1.39 bits per heavy atom. The first-order valence-corrected chi connectivity index (χ1v) is 6.09. The van der Waals surface area contributed by atoms with Gasteiger partial charge in [-0.15, -0.1) is 0 Å². The second-order valence-electron chi connectivity index (χ2n) is 3.77. The van der Waals surface area contributed by atoms with E-state index in [1.54, 1.807) is 13.3 Å². The molecule has 0 heterocycles. The molecule has 2 N–H and O–H groups in total. The third-order valence-electron chi connectivity index (χ3n) is 2.44. The van der Waals surface area contributed by atoms with E-state index in [1.807, 2.05) is 37.3 Å². The molecule has 18 heavy (non-hydrogen) atoms. The first kappa shape index (κ1) is 14.1. The van der Waals surface area contributed by atoms with Crippen molar-refractivity contribution in [3.8, 4) is 5.75 Å². The Kier molecular flexibility index (Phi) is 6.40. The second kappa shape index (κ2) is 8.17. The summed E-state index contributed by atoms with van der Waals surface area (Å²) in [6.45, 7) is 2.59. The fourth-order valence-corrected chi connectivity index (χ4v) is 1.52. The Hall–Kier alpha value is -1.97. The third-order valence-corrected chi connectivity index (χ3v) is 2.44. The summed E-state index contributed by atoms with van der Waals surface area (Å²) in [7, 11) is 1.65. The van der Waals surface area contributed by atoms with E-state index in [-0.39, 0.29) is 6.03 Å². The molecule has 0 aliphatic rings. The molecule has 0 aliphatic heterocycles. The van der Waals surface area contributed by atoms with Gasteiger partial charge in [-0.05, 0) is 24.5 Å². The second-order valence-corrected chi connectivity index (χ2v) is 3.77. The van der Waals surface area contributed by atoms with Crippen molar-refractivity contribution in [1.82, 2.24) is 10.6 Å². The van der Waals surface area contributed by atoms with E-state index in [0.717, 1.165) is 24.2 Å². The predicted molar refractivity (Wildman–Crippen MR) is 72.7 cm³/mol. The zero-order valence-corrected chi connectivity index (χ0v) is 10.9. The largest absolute Gasteiger partial charge is 0.496 e. The average Bonchev–Trinajstić information content (AvgIpc) is 2.39. The molecular formula is C14H20N2O2. The van der Waals surface area contributed by atoms with Crippen molar-refractivity contribution in [1.29, 1.82) is 0 Å². The fourth-order valence-electron chi connectivity index (χ4n) is 1.52. The summed E-state index contributed by atoms with van der Waals surface area (Å²) in [6, 6.07) is 7.61. The van der Waals surface area contributed by atoms with Crippen LogP contribution >= 0.6 is 0 Å². The van der Waals surface area contributed by atoms with Gasteiger partial charge < -0.3 is 15.4 Å². The lowest BCUT2D eigenvalue weighted by molar-refractivity contribution is 0.244. The minimum Gasteiger partial charge on any atom is -0.496 e. The average molecular weight is 248 g/mol. The van der Waals surface area contributed by atoms with E-state index in [4.69, 9.17) is 4.74 Å². The molecule has 0 aliphatic carbocycles. The molecule has 0 unspecified atom stereocenters. The maximum absolute atomic E-state index is 11.4. The van der Waals surface area contributed by atoms with Gasteiger partial charge in [-0.1, -0.05) is 31.2 Å². The Bertz CT molecular complexity index is 403. The number of carbonyl (C=O) groups is 1. The van der Waals surface area contributed by atoms with Crippen LogP contribution in [0.3, 0.4) is 0 Å². The topological polar surface area (TPSA) is 50.4 Å². The molecule has 0 radical (unpaired) electrons. The molecule has 0 spiro atoms. The van der Waals surface area contributed by atoms with Crippen molar-refractivity contribution in [2.75, 3.05) is 13.7 Å². The lowest BCUT2D eigenvalue weighted by Crippen LogP contribution is -2.33. The van der Waals surface area contributed by atoms with Crippen LogP contribution in [0.2, 0.25) is 0 Å². The quantitative estimate of drug-likeness (QED) is 0.812.